The normalized spacial score (nSPS) is 13.5. The molecule has 1 rings (SSSR count). The van der Waals surface area contributed by atoms with Gasteiger partial charge in [-0.2, -0.15) is 0 Å². The van der Waals surface area contributed by atoms with Crippen LogP contribution < -0.4 is 4.52 Å². The molecule has 8 heteroatoms. The van der Waals surface area contributed by atoms with Gasteiger partial charge in [0, 0.05) is 19.9 Å². The molecule has 0 saturated heterocycles. The molecule has 0 aliphatic carbocycles. The first-order valence-electron chi connectivity index (χ1n) is 12.2. The van der Waals surface area contributed by atoms with E-state index in [4.69, 9.17) is 4.52 Å². The third-order valence-electron chi connectivity index (χ3n) is 5.54. The molecule has 0 fully saturated rings. The zero-order chi connectivity index (χ0) is 23.7. The van der Waals surface area contributed by atoms with E-state index in [1.165, 1.54) is 89.5 Å². The summed E-state index contributed by atoms with van der Waals surface area (Å²) >= 11 is 0. The average molecular weight is 471 g/mol. The highest BCUT2D eigenvalue weighted by Crippen LogP contribution is 2.44. The summed E-state index contributed by atoms with van der Waals surface area (Å²) in [6, 6.07) is 0. The van der Waals surface area contributed by atoms with Gasteiger partial charge in [-0.1, -0.05) is 90.4 Å². The smallest absolute Gasteiger partial charge is 0.505 e. The van der Waals surface area contributed by atoms with Crippen molar-refractivity contribution in [2.24, 2.45) is 4.99 Å². The summed E-state index contributed by atoms with van der Waals surface area (Å²) < 4.78 is 21.1. The van der Waals surface area contributed by atoms with Crippen molar-refractivity contribution < 1.29 is 23.6 Å². The Morgan fingerprint density at radius 2 is 1.47 bits per heavy atom. The number of unbranched alkanes of at least 4 members (excludes halogenated alkanes) is 13. The van der Waals surface area contributed by atoms with Crippen molar-refractivity contribution >= 4 is 14.0 Å². The number of aryl methyl sites for hydroxylation is 1. The molecule has 0 aliphatic heterocycles. The number of pyridine rings is 1. The number of aromatic hydroxyl groups is 1. The van der Waals surface area contributed by atoms with Crippen LogP contribution in [0, 0.1) is 6.92 Å². The van der Waals surface area contributed by atoms with E-state index in [2.05, 4.69) is 21.4 Å². The zero-order valence-corrected chi connectivity index (χ0v) is 21.1. The molecule has 32 heavy (non-hydrogen) atoms. The van der Waals surface area contributed by atoms with Crippen molar-refractivity contribution in [3.63, 3.8) is 0 Å². The lowest BCUT2D eigenvalue weighted by atomic mass is 10.0. The fourth-order valence-electron chi connectivity index (χ4n) is 3.51. The van der Waals surface area contributed by atoms with Gasteiger partial charge < -0.3 is 9.63 Å². The summed E-state index contributed by atoms with van der Waals surface area (Å²) in [5.41, 5.74) is 0.620. The van der Waals surface area contributed by atoms with Gasteiger partial charge in [0.15, 0.2) is 5.75 Å². The number of rotatable bonds is 19. The van der Waals surface area contributed by atoms with E-state index in [0.29, 0.717) is 12.2 Å². The maximum atomic E-state index is 11.7. The second-order valence-electron chi connectivity index (χ2n) is 8.34. The molecule has 7 nitrogen and oxygen atoms in total. The van der Waals surface area contributed by atoms with Crippen molar-refractivity contribution in [3.05, 3.63) is 17.5 Å². The lowest BCUT2D eigenvalue weighted by Crippen LogP contribution is -2.00. The number of aliphatic imine (C=N–C) groups is 1. The summed E-state index contributed by atoms with van der Waals surface area (Å²) in [6.45, 7) is 4.52. The van der Waals surface area contributed by atoms with Gasteiger partial charge in [0.05, 0.1) is 17.5 Å². The maximum absolute atomic E-state index is 11.7. The predicted octanol–water partition coefficient (Wildman–Crippen LogP) is 7.12. The number of phosphoric ester groups is 1. The topological polar surface area (TPSA) is 101 Å². The minimum Gasteiger partial charge on any atom is -0.505 e. The predicted molar refractivity (Wildman–Crippen MR) is 131 cm³/mol. The van der Waals surface area contributed by atoms with Crippen LogP contribution in [0.25, 0.3) is 0 Å². The molecule has 0 spiro atoms. The van der Waals surface area contributed by atoms with Crippen LogP contribution in [0.2, 0.25) is 0 Å². The number of aromatic nitrogens is 1. The van der Waals surface area contributed by atoms with Crippen LogP contribution in [0.4, 0.5) is 0 Å². The van der Waals surface area contributed by atoms with E-state index < -0.39 is 7.82 Å². The Balaban J connectivity index is 2.19. The molecular weight excluding hydrogens is 427 g/mol. The molecule has 0 aromatic carbocycles. The lowest BCUT2D eigenvalue weighted by molar-refractivity contribution is 0.242. The fourth-order valence-corrected chi connectivity index (χ4v) is 3.98. The first-order chi connectivity index (χ1) is 15.4. The molecule has 1 aromatic rings. The van der Waals surface area contributed by atoms with Crippen LogP contribution in [0.15, 0.2) is 11.2 Å². The summed E-state index contributed by atoms with van der Waals surface area (Å²) in [4.78, 5) is 17.8. The maximum Gasteiger partial charge on any atom is 0.527 e. The van der Waals surface area contributed by atoms with E-state index in [0.717, 1.165) is 20.0 Å². The van der Waals surface area contributed by atoms with Gasteiger partial charge in [-0.05, 0) is 13.3 Å². The van der Waals surface area contributed by atoms with E-state index in [9.17, 15) is 14.6 Å². The molecule has 1 unspecified atom stereocenters. The highest BCUT2D eigenvalue weighted by Gasteiger charge is 2.24. The molecule has 1 atom stereocenters. The summed E-state index contributed by atoms with van der Waals surface area (Å²) in [6.07, 6.45) is 21.0. The van der Waals surface area contributed by atoms with Crippen LogP contribution in [0.1, 0.15) is 108 Å². The van der Waals surface area contributed by atoms with Gasteiger partial charge in [-0.25, -0.2) is 4.57 Å². The molecular formula is C24H43N2O5P. The van der Waals surface area contributed by atoms with E-state index in [-0.39, 0.29) is 17.1 Å². The van der Waals surface area contributed by atoms with Crippen LogP contribution in [-0.4, -0.2) is 34.9 Å². The molecule has 2 N–H and O–H groups in total. The molecule has 184 valence electrons. The Hall–Kier alpha value is -1.43. The van der Waals surface area contributed by atoms with Crippen molar-refractivity contribution in [3.8, 4) is 11.5 Å². The van der Waals surface area contributed by atoms with Crippen LogP contribution >= 0.6 is 7.82 Å². The largest absolute Gasteiger partial charge is 0.527 e. The molecule has 1 heterocycles. The first kappa shape index (κ1) is 28.6. The third kappa shape index (κ3) is 12.6. The number of phosphoric acid groups is 1. The Bertz CT molecular complexity index is 712. The minimum absolute atomic E-state index is 0.0366. The van der Waals surface area contributed by atoms with Gasteiger partial charge in [0.25, 0.3) is 0 Å². The highest BCUT2D eigenvalue weighted by molar-refractivity contribution is 7.47. The van der Waals surface area contributed by atoms with Crippen molar-refractivity contribution in [2.75, 3.05) is 13.7 Å². The van der Waals surface area contributed by atoms with Crippen LogP contribution in [0.5, 0.6) is 11.5 Å². The SMILES string of the molecule is CCCCCCCCCCCCCCCCN=Cc1c(OP(=O)(O)OC)cnc(C)c1O. The van der Waals surface area contributed by atoms with Gasteiger partial charge in [0.1, 0.15) is 5.75 Å². The average Bonchev–Trinajstić information content (AvgIpc) is 2.77. The van der Waals surface area contributed by atoms with Gasteiger partial charge in [-0.3, -0.25) is 19.4 Å². The van der Waals surface area contributed by atoms with Crippen molar-refractivity contribution in [2.45, 2.75) is 104 Å². The van der Waals surface area contributed by atoms with E-state index in [1.54, 1.807) is 6.92 Å². The van der Waals surface area contributed by atoms with Crippen molar-refractivity contribution in [1.29, 1.82) is 0 Å². The molecule has 1 aromatic heterocycles. The second kappa shape index (κ2) is 17.1. The van der Waals surface area contributed by atoms with Crippen LogP contribution in [-0.2, 0) is 9.09 Å². The fraction of sp³-hybridized carbons (Fsp3) is 0.750. The Morgan fingerprint density at radius 1 is 0.969 bits per heavy atom. The highest BCUT2D eigenvalue weighted by atomic mass is 31.2. The summed E-state index contributed by atoms with van der Waals surface area (Å²) in [7, 11) is -3.17. The van der Waals surface area contributed by atoms with Crippen molar-refractivity contribution in [1.82, 2.24) is 4.98 Å². The third-order valence-corrected chi connectivity index (χ3v) is 6.43. The summed E-state index contributed by atoms with van der Waals surface area (Å²) in [5, 5.41) is 10.2. The second-order valence-corrected chi connectivity index (χ2v) is 9.83. The Kier molecular flexibility index (Phi) is 15.3. The van der Waals surface area contributed by atoms with Crippen LogP contribution in [0.3, 0.4) is 0 Å². The number of hydrogen-bond donors (Lipinski definition) is 2. The van der Waals surface area contributed by atoms with Gasteiger partial charge >= 0.3 is 7.82 Å². The molecule has 0 saturated carbocycles. The van der Waals surface area contributed by atoms with Gasteiger partial charge in [-0.15, -0.1) is 0 Å². The van der Waals surface area contributed by atoms with E-state index in [1.807, 2.05) is 0 Å². The summed E-state index contributed by atoms with van der Waals surface area (Å²) in [5.74, 6) is -0.159. The first-order valence-corrected chi connectivity index (χ1v) is 13.7. The Morgan fingerprint density at radius 3 is 1.97 bits per heavy atom. The quantitative estimate of drug-likeness (QED) is 0.127. The number of nitrogens with zero attached hydrogens (tertiary/aromatic N) is 2. The molecule has 0 amide bonds. The molecule has 0 bridgehead atoms. The molecule has 0 radical (unpaired) electrons. The lowest BCUT2D eigenvalue weighted by Gasteiger charge is -2.13. The standard InChI is InChI=1S/C24H43N2O5P/c1-4-5-6-7-8-9-10-11-12-13-14-15-16-17-18-25-19-22-23(31-32(28,29)30-3)20-26-21(2)24(22)27/h19-20,27H,4-18H2,1-3H3,(H,28,29). The zero-order valence-electron chi connectivity index (χ0n) is 20.2. The minimum atomic E-state index is -4.25. The van der Waals surface area contributed by atoms with Gasteiger partial charge in [0.2, 0.25) is 0 Å². The Labute approximate surface area is 194 Å². The monoisotopic (exact) mass is 470 g/mol. The number of hydrogen-bond acceptors (Lipinski definition) is 6. The van der Waals surface area contributed by atoms with E-state index >= 15 is 0 Å². The molecule has 0 aliphatic rings.